The number of para-hydroxylation sites is 1. The fourth-order valence-corrected chi connectivity index (χ4v) is 4.29. The lowest BCUT2D eigenvalue weighted by atomic mass is 10.00. The molecule has 0 bridgehead atoms. The zero-order valence-corrected chi connectivity index (χ0v) is 17.6. The standard InChI is InChI=1S/C24H29FN4O/c1-18(19-7-4-3-5-8-19)17-28-13-15-29(16-14-28)22-20(9-6-10-21(22)25)23(30)24-26-11-12-27(24)2/h3-12,18,23,30H,13-17H2,1-2H3. The molecule has 4 rings (SSSR count). The molecule has 5 nitrogen and oxygen atoms in total. The number of rotatable bonds is 6. The van der Waals surface area contributed by atoms with Crippen molar-refractivity contribution in [1.82, 2.24) is 14.5 Å². The highest BCUT2D eigenvalue weighted by Crippen LogP contribution is 2.33. The molecule has 0 amide bonds. The molecule has 3 aromatic rings. The van der Waals surface area contributed by atoms with Crippen molar-refractivity contribution in [2.24, 2.45) is 7.05 Å². The van der Waals surface area contributed by atoms with Crippen molar-refractivity contribution in [3.8, 4) is 0 Å². The van der Waals surface area contributed by atoms with Crippen LogP contribution in [-0.4, -0.2) is 52.3 Å². The van der Waals surface area contributed by atoms with Gasteiger partial charge < -0.3 is 14.6 Å². The Labute approximate surface area is 177 Å². The molecular formula is C24H29FN4O. The monoisotopic (exact) mass is 408 g/mol. The molecule has 1 N–H and O–H groups in total. The third kappa shape index (κ3) is 4.25. The summed E-state index contributed by atoms with van der Waals surface area (Å²) in [5, 5.41) is 10.9. The van der Waals surface area contributed by atoms with Crippen LogP contribution < -0.4 is 4.90 Å². The predicted octanol–water partition coefficient (Wildman–Crippen LogP) is 3.57. The number of aliphatic hydroxyl groups excluding tert-OH is 1. The smallest absolute Gasteiger partial charge is 0.146 e. The average molecular weight is 409 g/mol. The van der Waals surface area contributed by atoms with Crippen LogP contribution in [0.2, 0.25) is 0 Å². The van der Waals surface area contributed by atoms with E-state index in [9.17, 15) is 9.50 Å². The van der Waals surface area contributed by atoms with Crippen molar-refractivity contribution in [3.05, 3.63) is 83.7 Å². The summed E-state index contributed by atoms with van der Waals surface area (Å²) in [6, 6.07) is 15.5. The first-order valence-electron chi connectivity index (χ1n) is 10.5. The first-order chi connectivity index (χ1) is 14.5. The van der Waals surface area contributed by atoms with E-state index in [1.165, 1.54) is 11.6 Å². The first kappa shape index (κ1) is 20.6. The van der Waals surface area contributed by atoms with Crippen LogP contribution in [0.1, 0.15) is 35.9 Å². The molecule has 158 valence electrons. The molecule has 2 aromatic carbocycles. The molecule has 1 aliphatic rings. The Balaban J connectivity index is 1.47. The maximum Gasteiger partial charge on any atom is 0.146 e. The topological polar surface area (TPSA) is 44.5 Å². The SMILES string of the molecule is CC(CN1CCN(c2c(F)cccc2C(O)c2nccn2C)CC1)c1ccccc1. The van der Waals surface area contributed by atoms with Gasteiger partial charge in [0.2, 0.25) is 0 Å². The fraction of sp³-hybridized carbons (Fsp3) is 0.375. The Morgan fingerprint density at radius 2 is 1.77 bits per heavy atom. The highest BCUT2D eigenvalue weighted by atomic mass is 19.1. The fourth-order valence-electron chi connectivity index (χ4n) is 4.29. The molecule has 0 saturated carbocycles. The molecule has 2 heterocycles. The van der Waals surface area contributed by atoms with Gasteiger partial charge in [-0.3, -0.25) is 4.90 Å². The highest BCUT2D eigenvalue weighted by Gasteiger charge is 2.27. The minimum Gasteiger partial charge on any atom is -0.380 e. The first-order valence-corrected chi connectivity index (χ1v) is 10.5. The summed E-state index contributed by atoms with van der Waals surface area (Å²) < 4.78 is 16.6. The number of benzene rings is 2. The second-order valence-corrected chi connectivity index (χ2v) is 8.08. The summed E-state index contributed by atoms with van der Waals surface area (Å²) in [5.41, 5.74) is 2.40. The van der Waals surface area contributed by atoms with Gasteiger partial charge in [0.1, 0.15) is 17.7 Å². The molecular weight excluding hydrogens is 379 g/mol. The third-order valence-corrected chi connectivity index (χ3v) is 6.00. The molecule has 2 unspecified atom stereocenters. The molecule has 1 aliphatic heterocycles. The van der Waals surface area contributed by atoms with Crippen LogP contribution in [0.4, 0.5) is 10.1 Å². The molecule has 0 spiro atoms. The Morgan fingerprint density at radius 1 is 1.03 bits per heavy atom. The second kappa shape index (κ2) is 8.98. The summed E-state index contributed by atoms with van der Waals surface area (Å²) in [6.07, 6.45) is 2.46. The average Bonchev–Trinajstić information content (AvgIpc) is 3.20. The maximum absolute atomic E-state index is 14.9. The van der Waals surface area contributed by atoms with E-state index < -0.39 is 6.10 Å². The van der Waals surface area contributed by atoms with Crippen LogP contribution in [0.25, 0.3) is 0 Å². The van der Waals surface area contributed by atoms with Crippen LogP contribution in [0.3, 0.4) is 0 Å². The third-order valence-electron chi connectivity index (χ3n) is 6.00. The minimum atomic E-state index is -0.966. The normalized spacial score (nSPS) is 17.1. The Bertz CT molecular complexity index is 966. The van der Waals surface area contributed by atoms with Crippen molar-refractivity contribution in [2.45, 2.75) is 18.9 Å². The van der Waals surface area contributed by atoms with Crippen LogP contribution in [-0.2, 0) is 7.05 Å². The van der Waals surface area contributed by atoms with E-state index in [4.69, 9.17) is 0 Å². The largest absolute Gasteiger partial charge is 0.380 e. The number of hydrogen-bond acceptors (Lipinski definition) is 4. The summed E-state index contributed by atoms with van der Waals surface area (Å²) in [4.78, 5) is 8.74. The van der Waals surface area contributed by atoms with E-state index in [-0.39, 0.29) is 5.82 Å². The Hall–Kier alpha value is -2.70. The lowest BCUT2D eigenvalue weighted by Gasteiger charge is -2.38. The second-order valence-electron chi connectivity index (χ2n) is 8.08. The summed E-state index contributed by atoms with van der Waals surface area (Å²) in [6.45, 7) is 6.41. The van der Waals surface area contributed by atoms with Gasteiger partial charge in [-0.25, -0.2) is 9.37 Å². The van der Waals surface area contributed by atoms with E-state index in [0.717, 1.165) is 32.7 Å². The van der Waals surface area contributed by atoms with Crippen molar-refractivity contribution < 1.29 is 9.50 Å². The molecule has 0 radical (unpaired) electrons. The number of hydrogen-bond donors (Lipinski definition) is 1. The molecule has 30 heavy (non-hydrogen) atoms. The van der Waals surface area contributed by atoms with Crippen LogP contribution in [0, 0.1) is 5.82 Å². The zero-order valence-electron chi connectivity index (χ0n) is 17.6. The lowest BCUT2D eigenvalue weighted by molar-refractivity contribution is 0.205. The predicted molar refractivity (Wildman–Crippen MR) is 117 cm³/mol. The van der Waals surface area contributed by atoms with Gasteiger partial charge in [0.25, 0.3) is 0 Å². The molecule has 1 aromatic heterocycles. The highest BCUT2D eigenvalue weighted by molar-refractivity contribution is 5.57. The number of aliphatic hydroxyl groups is 1. The van der Waals surface area contributed by atoms with Crippen LogP contribution >= 0.6 is 0 Å². The number of nitrogens with zero attached hydrogens (tertiary/aromatic N) is 4. The van der Waals surface area contributed by atoms with Crippen LogP contribution in [0.15, 0.2) is 60.9 Å². The number of halogens is 1. The summed E-state index contributed by atoms with van der Waals surface area (Å²) in [5.74, 6) is 0.663. The number of aryl methyl sites for hydroxylation is 1. The summed E-state index contributed by atoms with van der Waals surface area (Å²) in [7, 11) is 1.83. The Morgan fingerprint density at radius 3 is 2.43 bits per heavy atom. The zero-order chi connectivity index (χ0) is 21.1. The molecule has 1 saturated heterocycles. The minimum absolute atomic E-state index is 0.299. The summed E-state index contributed by atoms with van der Waals surface area (Å²) >= 11 is 0. The molecule has 2 atom stereocenters. The van der Waals surface area contributed by atoms with Crippen molar-refractivity contribution in [2.75, 3.05) is 37.6 Å². The van der Waals surface area contributed by atoms with Crippen LogP contribution in [0.5, 0.6) is 0 Å². The van der Waals surface area contributed by atoms with E-state index in [1.54, 1.807) is 29.1 Å². The van der Waals surface area contributed by atoms with Crippen molar-refractivity contribution in [3.63, 3.8) is 0 Å². The number of aromatic nitrogens is 2. The van der Waals surface area contributed by atoms with Crippen molar-refractivity contribution >= 4 is 5.69 Å². The quantitative estimate of drug-likeness (QED) is 0.677. The Kier molecular flexibility index (Phi) is 6.16. The van der Waals surface area contributed by atoms with E-state index >= 15 is 0 Å². The maximum atomic E-state index is 14.9. The number of piperazine rings is 1. The molecule has 1 fully saturated rings. The van der Waals surface area contributed by atoms with Crippen molar-refractivity contribution in [1.29, 1.82) is 0 Å². The van der Waals surface area contributed by atoms with Gasteiger partial charge in [0.15, 0.2) is 0 Å². The van der Waals surface area contributed by atoms with E-state index in [2.05, 4.69) is 46.0 Å². The van der Waals surface area contributed by atoms with Gasteiger partial charge in [-0.15, -0.1) is 0 Å². The van der Waals surface area contributed by atoms with Gasteiger partial charge in [0, 0.05) is 57.7 Å². The van der Waals surface area contributed by atoms with Gasteiger partial charge in [-0.05, 0) is 17.5 Å². The van der Waals surface area contributed by atoms with Gasteiger partial charge in [0.05, 0.1) is 5.69 Å². The van der Waals surface area contributed by atoms with Gasteiger partial charge in [-0.2, -0.15) is 0 Å². The van der Waals surface area contributed by atoms with Gasteiger partial charge in [-0.1, -0.05) is 49.4 Å². The lowest BCUT2D eigenvalue weighted by Crippen LogP contribution is -2.48. The molecule has 0 aliphatic carbocycles. The number of imidazole rings is 1. The number of anilines is 1. The molecule has 6 heteroatoms. The van der Waals surface area contributed by atoms with Gasteiger partial charge >= 0.3 is 0 Å². The van der Waals surface area contributed by atoms with E-state index in [1.807, 2.05) is 13.1 Å². The van der Waals surface area contributed by atoms with E-state index in [0.29, 0.717) is 23.0 Å².